The third kappa shape index (κ3) is 3.51. The van der Waals surface area contributed by atoms with Crippen molar-refractivity contribution < 1.29 is 14.7 Å². The number of nitrogens with one attached hydrogen (secondary N) is 1. The Morgan fingerprint density at radius 2 is 1.96 bits per heavy atom. The van der Waals surface area contributed by atoms with Crippen molar-refractivity contribution in [2.45, 2.75) is 11.4 Å². The highest BCUT2D eigenvalue weighted by Gasteiger charge is 2.36. The Hall–Kier alpha value is -2.54. The number of benzene rings is 1. The van der Waals surface area contributed by atoms with Crippen LogP contribution in [-0.2, 0) is 4.79 Å². The van der Waals surface area contributed by atoms with E-state index in [-0.39, 0.29) is 5.91 Å². The van der Waals surface area contributed by atoms with Gasteiger partial charge in [-0.1, -0.05) is 36.4 Å². The molecule has 1 aliphatic rings. The van der Waals surface area contributed by atoms with Gasteiger partial charge in [-0.05, 0) is 17.7 Å². The fourth-order valence-corrected chi connectivity index (χ4v) is 3.74. The first-order valence-corrected chi connectivity index (χ1v) is 8.59. The predicted octanol–water partition coefficient (Wildman–Crippen LogP) is 2.34. The standard InChI is InChI=1S/C17H17N3O3S/c21-15(16-20(17(22)23)10-11-24-16)19-14(12-6-2-1-3-7-12)13-8-4-5-9-18-13/h1-9,14,16H,10-11H2,(H,19,21)(H,22,23)/t14?,16-/m0/s1. The van der Waals surface area contributed by atoms with Crippen molar-refractivity contribution in [3.05, 3.63) is 66.0 Å². The van der Waals surface area contributed by atoms with Crippen LogP contribution in [0.4, 0.5) is 4.79 Å². The quantitative estimate of drug-likeness (QED) is 0.890. The lowest BCUT2D eigenvalue weighted by Gasteiger charge is -2.24. The van der Waals surface area contributed by atoms with Crippen molar-refractivity contribution in [1.82, 2.24) is 15.2 Å². The van der Waals surface area contributed by atoms with Crippen molar-refractivity contribution in [3.63, 3.8) is 0 Å². The Bertz CT molecular complexity index is 672. The van der Waals surface area contributed by atoms with Crippen LogP contribution in [0.15, 0.2) is 54.7 Å². The summed E-state index contributed by atoms with van der Waals surface area (Å²) in [5.74, 6) is 0.295. The molecule has 7 heteroatoms. The van der Waals surface area contributed by atoms with E-state index in [0.29, 0.717) is 18.0 Å². The molecule has 124 valence electrons. The zero-order valence-electron chi connectivity index (χ0n) is 12.8. The lowest BCUT2D eigenvalue weighted by molar-refractivity contribution is -0.123. The summed E-state index contributed by atoms with van der Waals surface area (Å²) in [4.78, 5) is 29.4. The number of pyridine rings is 1. The summed E-state index contributed by atoms with van der Waals surface area (Å²) in [6, 6.07) is 14.6. The van der Waals surface area contributed by atoms with Crippen LogP contribution in [0.2, 0.25) is 0 Å². The van der Waals surface area contributed by atoms with Gasteiger partial charge in [0.2, 0.25) is 0 Å². The fraction of sp³-hybridized carbons (Fsp3) is 0.235. The van der Waals surface area contributed by atoms with Crippen LogP contribution in [-0.4, -0.2) is 44.7 Å². The normalized spacial score (nSPS) is 18.2. The number of hydrogen-bond acceptors (Lipinski definition) is 4. The maximum Gasteiger partial charge on any atom is 0.408 e. The van der Waals surface area contributed by atoms with Gasteiger partial charge in [0.1, 0.15) is 0 Å². The van der Waals surface area contributed by atoms with Crippen LogP contribution in [0.1, 0.15) is 17.3 Å². The minimum Gasteiger partial charge on any atom is -0.465 e. The summed E-state index contributed by atoms with van der Waals surface area (Å²) in [5.41, 5.74) is 1.61. The van der Waals surface area contributed by atoms with Gasteiger partial charge in [-0.15, -0.1) is 11.8 Å². The molecule has 2 aromatic rings. The van der Waals surface area contributed by atoms with E-state index in [1.165, 1.54) is 16.7 Å². The lowest BCUT2D eigenvalue weighted by Crippen LogP contribution is -2.45. The van der Waals surface area contributed by atoms with Gasteiger partial charge in [0.25, 0.3) is 5.91 Å². The molecule has 1 unspecified atom stereocenters. The molecule has 0 radical (unpaired) electrons. The molecule has 1 fully saturated rings. The van der Waals surface area contributed by atoms with E-state index in [1.54, 1.807) is 6.20 Å². The molecule has 1 aromatic heterocycles. The molecule has 3 rings (SSSR count). The number of nitrogens with zero attached hydrogens (tertiary/aromatic N) is 2. The molecule has 0 bridgehead atoms. The second-order valence-electron chi connectivity index (χ2n) is 5.31. The maximum atomic E-state index is 12.7. The van der Waals surface area contributed by atoms with Gasteiger partial charge in [0.15, 0.2) is 5.37 Å². The average Bonchev–Trinajstić information content (AvgIpc) is 3.11. The molecule has 1 aliphatic heterocycles. The zero-order valence-corrected chi connectivity index (χ0v) is 13.6. The highest BCUT2D eigenvalue weighted by molar-refractivity contribution is 8.00. The van der Waals surface area contributed by atoms with Gasteiger partial charge < -0.3 is 10.4 Å². The van der Waals surface area contributed by atoms with E-state index in [9.17, 15) is 14.7 Å². The number of aromatic nitrogens is 1. The van der Waals surface area contributed by atoms with Gasteiger partial charge in [-0.25, -0.2) is 4.79 Å². The van der Waals surface area contributed by atoms with Crippen LogP contribution in [0, 0.1) is 0 Å². The summed E-state index contributed by atoms with van der Waals surface area (Å²) in [5, 5.41) is 11.4. The van der Waals surface area contributed by atoms with Gasteiger partial charge in [-0.3, -0.25) is 14.7 Å². The molecule has 0 spiro atoms. The summed E-state index contributed by atoms with van der Waals surface area (Å²) >= 11 is 1.33. The number of carbonyl (C=O) groups is 2. The molecule has 0 saturated carbocycles. The van der Waals surface area contributed by atoms with Crippen molar-refractivity contribution >= 4 is 23.8 Å². The molecule has 6 nitrogen and oxygen atoms in total. The summed E-state index contributed by atoms with van der Waals surface area (Å²) < 4.78 is 0. The topological polar surface area (TPSA) is 82.5 Å². The molecule has 24 heavy (non-hydrogen) atoms. The molecule has 2 amide bonds. The number of carbonyl (C=O) groups excluding carboxylic acids is 1. The summed E-state index contributed by atoms with van der Waals surface area (Å²) in [7, 11) is 0. The van der Waals surface area contributed by atoms with E-state index in [2.05, 4.69) is 10.3 Å². The first-order valence-electron chi connectivity index (χ1n) is 7.54. The molecule has 2 atom stereocenters. The van der Waals surface area contributed by atoms with Crippen molar-refractivity contribution in [2.24, 2.45) is 0 Å². The minimum atomic E-state index is -1.07. The highest BCUT2D eigenvalue weighted by atomic mass is 32.2. The predicted molar refractivity (Wildman–Crippen MR) is 91.6 cm³/mol. The number of amides is 2. The smallest absolute Gasteiger partial charge is 0.408 e. The Labute approximate surface area is 143 Å². The molecule has 1 aromatic carbocycles. The Kier molecular flexibility index (Phi) is 5.00. The van der Waals surface area contributed by atoms with Gasteiger partial charge in [-0.2, -0.15) is 0 Å². The van der Waals surface area contributed by atoms with E-state index < -0.39 is 17.5 Å². The van der Waals surface area contributed by atoms with E-state index in [4.69, 9.17) is 0 Å². The number of hydrogen-bond donors (Lipinski definition) is 2. The molecular formula is C17H17N3O3S. The van der Waals surface area contributed by atoms with Crippen LogP contribution >= 0.6 is 11.8 Å². The number of rotatable bonds is 4. The average molecular weight is 343 g/mol. The lowest BCUT2D eigenvalue weighted by atomic mass is 10.0. The number of thioether (sulfide) groups is 1. The largest absolute Gasteiger partial charge is 0.465 e. The third-order valence-corrected chi connectivity index (χ3v) is 4.97. The fourth-order valence-electron chi connectivity index (χ4n) is 2.62. The summed E-state index contributed by atoms with van der Waals surface area (Å²) in [6.07, 6.45) is 0.597. The van der Waals surface area contributed by atoms with Crippen molar-refractivity contribution in [3.8, 4) is 0 Å². The Morgan fingerprint density at radius 3 is 2.62 bits per heavy atom. The van der Waals surface area contributed by atoms with Crippen LogP contribution in [0.25, 0.3) is 0 Å². The highest BCUT2D eigenvalue weighted by Crippen LogP contribution is 2.26. The van der Waals surface area contributed by atoms with Crippen molar-refractivity contribution in [2.75, 3.05) is 12.3 Å². The maximum absolute atomic E-state index is 12.7. The molecule has 0 aliphatic carbocycles. The van der Waals surface area contributed by atoms with E-state index in [0.717, 1.165) is 5.56 Å². The Morgan fingerprint density at radius 1 is 1.21 bits per heavy atom. The first-order chi connectivity index (χ1) is 11.7. The third-order valence-electron chi connectivity index (χ3n) is 3.76. The molecular weight excluding hydrogens is 326 g/mol. The monoisotopic (exact) mass is 343 g/mol. The Balaban J connectivity index is 1.85. The zero-order chi connectivity index (χ0) is 16.9. The minimum absolute atomic E-state index is 0.320. The van der Waals surface area contributed by atoms with Crippen LogP contribution < -0.4 is 5.32 Å². The van der Waals surface area contributed by atoms with Crippen LogP contribution in [0.3, 0.4) is 0 Å². The van der Waals surface area contributed by atoms with Crippen molar-refractivity contribution in [1.29, 1.82) is 0 Å². The second-order valence-corrected chi connectivity index (χ2v) is 6.49. The van der Waals surface area contributed by atoms with Crippen LogP contribution in [0.5, 0.6) is 0 Å². The SMILES string of the molecule is O=C(NC(c1ccccc1)c1ccccn1)[C@@H]1SCCN1C(=O)O. The van der Waals surface area contributed by atoms with Gasteiger partial charge in [0.05, 0.1) is 11.7 Å². The number of carboxylic acid groups (broad SMARTS) is 1. The second kappa shape index (κ2) is 7.35. The molecule has 2 N–H and O–H groups in total. The molecule has 2 heterocycles. The summed E-state index contributed by atoms with van der Waals surface area (Å²) in [6.45, 7) is 0.359. The first kappa shape index (κ1) is 16.3. The van der Waals surface area contributed by atoms with E-state index >= 15 is 0 Å². The molecule has 1 saturated heterocycles. The van der Waals surface area contributed by atoms with Gasteiger partial charge >= 0.3 is 6.09 Å². The van der Waals surface area contributed by atoms with E-state index in [1.807, 2.05) is 48.5 Å². The van der Waals surface area contributed by atoms with Gasteiger partial charge in [0, 0.05) is 18.5 Å².